The molecule has 0 spiro atoms. The molecule has 1 aromatic rings. The van der Waals surface area contributed by atoms with Crippen LogP contribution in [0.4, 0.5) is 0 Å². The minimum absolute atomic E-state index is 0.0739. The molecule has 1 aliphatic rings. The zero-order valence-electron chi connectivity index (χ0n) is 16.2. The summed E-state index contributed by atoms with van der Waals surface area (Å²) in [6, 6.07) is 0. The van der Waals surface area contributed by atoms with Crippen molar-refractivity contribution in [1.82, 2.24) is 14.7 Å². The van der Waals surface area contributed by atoms with Gasteiger partial charge in [-0.15, -0.1) is 0 Å². The molecular weight excluding hydrogens is 318 g/mol. The Morgan fingerprint density at radius 2 is 2.20 bits per heavy atom. The van der Waals surface area contributed by atoms with Gasteiger partial charge in [0, 0.05) is 44.6 Å². The SMILES string of the molecule is CCCn1ncc(CN2CCCC(CCOC)(C(=O)OCC)C2)c1C. The largest absolute Gasteiger partial charge is 0.466 e. The summed E-state index contributed by atoms with van der Waals surface area (Å²) >= 11 is 0. The molecule has 0 N–H and O–H groups in total. The lowest BCUT2D eigenvalue weighted by molar-refractivity contribution is -0.160. The number of hydrogen-bond acceptors (Lipinski definition) is 5. The Labute approximate surface area is 151 Å². The summed E-state index contributed by atoms with van der Waals surface area (Å²) in [4.78, 5) is 15.0. The first-order chi connectivity index (χ1) is 12.1. The van der Waals surface area contributed by atoms with Crippen LogP contribution >= 0.6 is 0 Å². The maximum Gasteiger partial charge on any atom is 0.313 e. The van der Waals surface area contributed by atoms with Gasteiger partial charge in [-0.05, 0) is 46.1 Å². The number of carbonyl (C=O) groups is 1. The predicted molar refractivity (Wildman–Crippen MR) is 97.3 cm³/mol. The van der Waals surface area contributed by atoms with E-state index in [1.54, 1.807) is 7.11 Å². The van der Waals surface area contributed by atoms with Crippen LogP contribution in [0.15, 0.2) is 6.20 Å². The van der Waals surface area contributed by atoms with Gasteiger partial charge in [0.2, 0.25) is 0 Å². The molecule has 1 aliphatic heterocycles. The zero-order chi connectivity index (χ0) is 18.3. The molecule has 0 amide bonds. The molecule has 142 valence electrons. The van der Waals surface area contributed by atoms with Crippen LogP contribution < -0.4 is 0 Å². The Kier molecular flexibility index (Phi) is 7.44. The molecule has 0 aromatic carbocycles. The molecular formula is C19H33N3O3. The lowest BCUT2D eigenvalue weighted by Gasteiger charge is -2.41. The molecule has 2 heterocycles. The maximum absolute atomic E-state index is 12.7. The van der Waals surface area contributed by atoms with E-state index in [4.69, 9.17) is 9.47 Å². The lowest BCUT2D eigenvalue weighted by Crippen LogP contribution is -2.48. The van der Waals surface area contributed by atoms with Crippen molar-refractivity contribution in [2.75, 3.05) is 33.4 Å². The van der Waals surface area contributed by atoms with E-state index in [0.29, 0.717) is 19.6 Å². The van der Waals surface area contributed by atoms with Crippen LogP contribution in [0.25, 0.3) is 0 Å². The van der Waals surface area contributed by atoms with Crippen LogP contribution in [0, 0.1) is 12.3 Å². The second kappa shape index (κ2) is 9.34. The molecule has 25 heavy (non-hydrogen) atoms. The van der Waals surface area contributed by atoms with E-state index in [-0.39, 0.29) is 5.97 Å². The second-order valence-corrected chi connectivity index (χ2v) is 7.04. The number of aryl methyl sites for hydroxylation is 1. The van der Waals surface area contributed by atoms with Crippen LogP contribution in [0.5, 0.6) is 0 Å². The van der Waals surface area contributed by atoms with E-state index < -0.39 is 5.41 Å². The van der Waals surface area contributed by atoms with Crippen molar-refractivity contribution in [2.24, 2.45) is 5.41 Å². The molecule has 0 aliphatic carbocycles. The fraction of sp³-hybridized carbons (Fsp3) is 0.789. The number of nitrogens with zero attached hydrogens (tertiary/aromatic N) is 3. The summed E-state index contributed by atoms with van der Waals surface area (Å²) in [5.74, 6) is -0.0739. The summed E-state index contributed by atoms with van der Waals surface area (Å²) in [6.45, 7) is 10.7. The second-order valence-electron chi connectivity index (χ2n) is 7.04. The van der Waals surface area contributed by atoms with Gasteiger partial charge >= 0.3 is 5.97 Å². The third kappa shape index (κ3) is 4.82. The molecule has 0 bridgehead atoms. The molecule has 1 unspecified atom stereocenters. The third-order valence-electron chi connectivity index (χ3n) is 5.18. The third-order valence-corrected chi connectivity index (χ3v) is 5.18. The van der Waals surface area contributed by atoms with Gasteiger partial charge in [-0.1, -0.05) is 6.92 Å². The van der Waals surface area contributed by atoms with Crippen molar-refractivity contribution >= 4 is 5.97 Å². The topological polar surface area (TPSA) is 56.6 Å². The zero-order valence-corrected chi connectivity index (χ0v) is 16.2. The van der Waals surface area contributed by atoms with Crippen molar-refractivity contribution in [2.45, 2.75) is 59.5 Å². The van der Waals surface area contributed by atoms with Gasteiger partial charge in [0.1, 0.15) is 0 Å². The molecule has 1 atom stereocenters. The predicted octanol–water partition coefficient (Wildman–Crippen LogP) is 2.78. The summed E-state index contributed by atoms with van der Waals surface area (Å²) in [5.41, 5.74) is 2.03. The summed E-state index contributed by atoms with van der Waals surface area (Å²) in [7, 11) is 1.69. The summed E-state index contributed by atoms with van der Waals surface area (Å²) in [6.07, 6.45) is 5.65. The smallest absolute Gasteiger partial charge is 0.313 e. The highest BCUT2D eigenvalue weighted by Gasteiger charge is 2.43. The average Bonchev–Trinajstić information content (AvgIpc) is 2.94. The molecule has 1 saturated heterocycles. The number of ether oxygens (including phenoxy) is 2. The summed E-state index contributed by atoms with van der Waals surface area (Å²) < 4.78 is 12.7. The van der Waals surface area contributed by atoms with E-state index in [2.05, 4.69) is 28.5 Å². The van der Waals surface area contributed by atoms with Crippen LogP contribution in [-0.4, -0.2) is 54.1 Å². The van der Waals surface area contributed by atoms with Gasteiger partial charge in [-0.3, -0.25) is 14.4 Å². The van der Waals surface area contributed by atoms with E-state index in [1.165, 1.54) is 11.3 Å². The molecule has 2 rings (SSSR count). The Morgan fingerprint density at radius 1 is 1.40 bits per heavy atom. The van der Waals surface area contributed by atoms with Crippen LogP contribution in [0.2, 0.25) is 0 Å². The van der Waals surface area contributed by atoms with Gasteiger partial charge < -0.3 is 9.47 Å². The Morgan fingerprint density at radius 3 is 2.88 bits per heavy atom. The van der Waals surface area contributed by atoms with Crippen LogP contribution in [-0.2, 0) is 27.4 Å². The monoisotopic (exact) mass is 351 g/mol. The summed E-state index contributed by atoms with van der Waals surface area (Å²) in [5, 5.41) is 4.50. The molecule has 1 fully saturated rings. The van der Waals surface area contributed by atoms with Gasteiger partial charge in [0.25, 0.3) is 0 Å². The van der Waals surface area contributed by atoms with Crippen LogP contribution in [0.3, 0.4) is 0 Å². The number of aromatic nitrogens is 2. The van der Waals surface area contributed by atoms with Crippen molar-refractivity contribution in [3.8, 4) is 0 Å². The first-order valence-electron chi connectivity index (χ1n) is 9.46. The van der Waals surface area contributed by atoms with Crippen molar-refractivity contribution in [1.29, 1.82) is 0 Å². The van der Waals surface area contributed by atoms with Gasteiger partial charge in [-0.2, -0.15) is 5.10 Å². The Hall–Kier alpha value is -1.40. The van der Waals surface area contributed by atoms with Crippen molar-refractivity contribution < 1.29 is 14.3 Å². The average molecular weight is 351 g/mol. The van der Waals surface area contributed by atoms with E-state index >= 15 is 0 Å². The number of hydrogen-bond donors (Lipinski definition) is 0. The number of methoxy groups -OCH3 is 1. The normalized spacial score (nSPS) is 21.4. The molecule has 6 heteroatoms. The van der Waals surface area contributed by atoms with E-state index in [1.807, 2.05) is 13.1 Å². The fourth-order valence-corrected chi connectivity index (χ4v) is 3.74. The number of piperidine rings is 1. The first kappa shape index (κ1) is 19.9. The highest BCUT2D eigenvalue weighted by molar-refractivity contribution is 5.77. The van der Waals surface area contributed by atoms with Gasteiger partial charge in [0.15, 0.2) is 0 Å². The highest BCUT2D eigenvalue weighted by atomic mass is 16.5. The fourth-order valence-electron chi connectivity index (χ4n) is 3.74. The maximum atomic E-state index is 12.7. The number of rotatable bonds is 9. The number of esters is 1. The van der Waals surface area contributed by atoms with Crippen molar-refractivity contribution in [3.05, 3.63) is 17.5 Å². The first-order valence-corrected chi connectivity index (χ1v) is 9.46. The minimum atomic E-state index is -0.447. The van der Waals surface area contributed by atoms with E-state index in [9.17, 15) is 4.79 Å². The number of carbonyl (C=O) groups excluding carboxylic acids is 1. The lowest BCUT2D eigenvalue weighted by atomic mass is 9.77. The molecule has 0 radical (unpaired) electrons. The van der Waals surface area contributed by atoms with Crippen LogP contribution in [0.1, 0.15) is 50.8 Å². The Bertz CT molecular complexity index is 558. The molecule has 6 nitrogen and oxygen atoms in total. The molecule has 0 saturated carbocycles. The highest BCUT2D eigenvalue weighted by Crippen LogP contribution is 2.36. The Balaban J connectivity index is 2.10. The molecule has 1 aromatic heterocycles. The minimum Gasteiger partial charge on any atom is -0.466 e. The van der Waals surface area contributed by atoms with E-state index in [0.717, 1.165) is 45.4 Å². The van der Waals surface area contributed by atoms with Gasteiger partial charge in [-0.25, -0.2) is 0 Å². The standard InChI is InChI=1S/C19H33N3O3/c1-5-10-22-16(3)17(13-20-22)14-21-11-7-8-19(15-21,9-12-24-4)18(23)25-6-2/h13H,5-12,14-15H2,1-4H3. The van der Waals surface area contributed by atoms with Gasteiger partial charge in [0.05, 0.1) is 18.2 Å². The number of likely N-dealkylation sites (tertiary alicyclic amines) is 1. The van der Waals surface area contributed by atoms with Crippen molar-refractivity contribution in [3.63, 3.8) is 0 Å². The quantitative estimate of drug-likeness (QED) is 0.640.